The third kappa shape index (κ3) is 4.18. The maximum atomic E-state index is 12.6. The van der Waals surface area contributed by atoms with Crippen molar-refractivity contribution in [3.05, 3.63) is 28.2 Å². The van der Waals surface area contributed by atoms with Crippen LogP contribution in [0.4, 0.5) is 0 Å². The van der Waals surface area contributed by atoms with E-state index in [0.717, 1.165) is 12.8 Å². The number of halogens is 2. The van der Waals surface area contributed by atoms with E-state index in [0.29, 0.717) is 35.6 Å². The van der Waals surface area contributed by atoms with Crippen LogP contribution in [0.3, 0.4) is 0 Å². The van der Waals surface area contributed by atoms with Crippen LogP contribution >= 0.6 is 28.3 Å². The second kappa shape index (κ2) is 7.56. The van der Waals surface area contributed by atoms with Gasteiger partial charge in [0, 0.05) is 17.6 Å². The van der Waals surface area contributed by atoms with Crippen LogP contribution < -0.4 is 5.73 Å². The Hall–Kier alpha value is -0.650. The molecule has 0 atom stereocenters. The SMILES string of the molecule is Cl.N#Cc1cc(Br)cc(S(=O)(=O)N2CCC(CN)CC2)c1. The van der Waals surface area contributed by atoms with E-state index >= 15 is 0 Å². The normalized spacial score (nSPS) is 17.0. The number of benzene rings is 1. The Labute approximate surface area is 139 Å². The first-order valence-electron chi connectivity index (χ1n) is 6.38. The summed E-state index contributed by atoms with van der Waals surface area (Å²) in [4.78, 5) is 0.162. The Morgan fingerprint density at radius 3 is 2.48 bits per heavy atom. The van der Waals surface area contributed by atoms with Gasteiger partial charge >= 0.3 is 0 Å². The Balaban J connectivity index is 0.00000220. The maximum Gasteiger partial charge on any atom is 0.243 e. The zero-order valence-corrected chi connectivity index (χ0v) is 14.5. The van der Waals surface area contributed by atoms with Crippen LogP contribution in [0.15, 0.2) is 27.6 Å². The summed E-state index contributed by atoms with van der Waals surface area (Å²) in [5.41, 5.74) is 5.94. The molecule has 0 amide bonds. The summed E-state index contributed by atoms with van der Waals surface area (Å²) in [6.07, 6.45) is 1.57. The Kier molecular flexibility index (Phi) is 6.63. The number of hydrogen-bond donors (Lipinski definition) is 1. The van der Waals surface area contributed by atoms with Crippen molar-refractivity contribution in [3.63, 3.8) is 0 Å². The highest BCUT2D eigenvalue weighted by molar-refractivity contribution is 9.10. The van der Waals surface area contributed by atoms with Crippen molar-refractivity contribution in [2.75, 3.05) is 19.6 Å². The molecule has 0 aromatic heterocycles. The number of nitrogens with two attached hydrogens (primary N) is 1. The molecule has 0 saturated carbocycles. The highest BCUT2D eigenvalue weighted by Gasteiger charge is 2.29. The van der Waals surface area contributed by atoms with Crippen molar-refractivity contribution in [2.24, 2.45) is 11.7 Å². The van der Waals surface area contributed by atoms with Gasteiger partial charge in [-0.3, -0.25) is 0 Å². The molecule has 2 N–H and O–H groups in total. The van der Waals surface area contributed by atoms with E-state index in [-0.39, 0.29) is 17.3 Å². The lowest BCUT2D eigenvalue weighted by Crippen LogP contribution is -2.40. The number of rotatable bonds is 3. The van der Waals surface area contributed by atoms with Crippen molar-refractivity contribution in [2.45, 2.75) is 17.7 Å². The summed E-state index contributed by atoms with van der Waals surface area (Å²) in [5, 5.41) is 8.94. The third-order valence-electron chi connectivity index (χ3n) is 3.55. The van der Waals surface area contributed by atoms with Gasteiger partial charge in [-0.05, 0) is 43.5 Å². The van der Waals surface area contributed by atoms with Crippen LogP contribution in [-0.4, -0.2) is 32.4 Å². The van der Waals surface area contributed by atoms with E-state index in [2.05, 4.69) is 15.9 Å². The van der Waals surface area contributed by atoms with E-state index in [9.17, 15) is 8.42 Å². The molecule has 21 heavy (non-hydrogen) atoms. The van der Waals surface area contributed by atoms with Gasteiger partial charge in [-0.15, -0.1) is 12.4 Å². The summed E-state index contributed by atoms with van der Waals surface area (Å²) in [5.74, 6) is 0.402. The molecule has 0 bridgehead atoms. The Morgan fingerprint density at radius 2 is 1.95 bits per heavy atom. The Morgan fingerprint density at radius 1 is 1.33 bits per heavy atom. The van der Waals surface area contributed by atoms with Gasteiger partial charge in [0.15, 0.2) is 0 Å². The van der Waals surface area contributed by atoms with Gasteiger partial charge in [0.25, 0.3) is 0 Å². The monoisotopic (exact) mass is 393 g/mol. The molecular formula is C13H17BrClN3O2S. The summed E-state index contributed by atoms with van der Waals surface area (Å²) in [6, 6.07) is 6.51. The van der Waals surface area contributed by atoms with Crippen LogP contribution in [0.25, 0.3) is 0 Å². The molecule has 1 heterocycles. The molecule has 1 aromatic carbocycles. The quantitative estimate of drug-likeness (QED) is 0.850. The van der Waals surface area contributed by atoms with E-state index in [1.54, 1.807) is 6.07 Å². The minimum atomic E-state index is -3.54. The van der Waals surface area contributed by atoms with Gasteiger partial charge < -0.3 is 5.73 Å². The molecule has 0 radical (unpaired) electrons. The van der Waals surface area contributed by atoms with Crippen LogP contribution in [-0.2, 0) is 10.0 Å². The predicted molar refractivity (Wildman–Crippen MR) is 86.6 cm³/mol. The van der Waals surface area contributed by atoms with Crippen molar-refractivity contribution in [1.29, 1.82) is 5.26 Å². The molecule has 1 fully saturated rings. The zero-order chi connectivity index (χ0) is 14.8. The maximum absolute atomic E-state index is 12.6. The summed E-state index contributed by atoms with van der Waals surface area (Å²) >= 11 is 3.24. The highest BCUT2D eigenvalue weighted by atomic mass is 79.9. The second-order valence-electron chi connectivity index (χ2n) is 4.87. The van der Waals surface area contributed by atoms with Gasteiger partial charge in [-0.1, -0.05) is 15.9 Å². The summed E-state index contributed by atoms with van der Waals surface area (Å²) in [7, 11) is -3.54. The molecule has 1 saturated heterocycles. The summed E-state index contributed by atoms with van der Waals surface area (Å²) < 4.78 is 27.2. The minimum absolute atomic E-state index is 0. The number of nitrogens with zero attached hydrogens (tertiary/aromatic N) is 2. The number of piperidine rings is 1. The molecule has 116 valence electrons. The fraction of sp³-hybridized carbons (Fsp3) is 0.462. The summed E-state index contributed by atoms with van der Waals surface area (Å²) in [6.45, 7) is 1.57. The average molecular weight is 395 g/mol. The van der Waals surface area contributed by atoms with E-state index in [1.807, 2.05) is 6.07 Å². The fourth-order valence-corrected chi connectivity index (χ4v) is 4.50. The molecule has 8 heteroatoms. The minimum Gasteiger partial charge on any atom is -0.330 e. The largest absolute Gasteiger partial charge is 0.330 e. The molecule has 0 aliphatic carbocycles. The lowest BCUT2D eigenvalue weighted by molar-refractivity contribution is 0.278. The smallest absolute Gasteiger partial charge is 0.243 e. The third-order valence-corrected chi connectivity index (χ3v) is 5.88. The molecule has 0 spiro atoms. The van der Waals surface area contributed by atoms with Crippen LogP contribution in [0.5, 0.6) is 0 Å². The zero-order valence-electron chi connectivity index (χ0n) is 11.3. The van der Waals surface area contributed by atoms with Gasteiger partial charge in [0.1, 0.15) is 0 Å². The van der Waals surface area contributed by atoms with Gasteiger partial charge in [-0.2, -0.15) is 9.57 Å². The topological polar surface area (TPSA) is 87.2 Å². The predicted octanol–water partition coefficient (Wildman–Crippen LogP) is 2.10. The van der Waals surface area contributed by atoms with E-state index in [4.69, 9.17) is 11.0 Å². The number of nitriles is 1. The first-order valence-corrected chi connectivity index (χ1v) is 8.61. The standard InChI is InChI=1S/C13H16BrN3O2S.ClH/c14-12-5-11(9-16)6-13(7-12)20(18,19)17-3-1-10(8-15)2-4-17;/h5-7,10H,1-4,8,15H2;1H. The lowest BCUT2D eigenvalue weighted by atomic mass is 9.99. The second-order valence-corrected chi connectivity index (χ2v) is 7.72. The number of sulfonamides is 1. The van der Waals surface area contributed by atoms with E-state index < -0.39 is 10.0 Å². The van der Waals surface area contributed by atoms with Gasteiger partial charge in [0.2, 0.25) is 10.0 Å². The molecule has 1 aliphatic rings. The highest BCUT2D eigenvalue weighted by Crippen LogP contribution is 2.26. The molecule has 0 unspecified atom stereocenters. The molecule has 2 rings (SSSR count). The first kappa shape index (κ1) is 18.4. The molecule has 1 aliphatic heterocycles. The van der Waals surface area contributed by atoms with E-state index in [1.165, 1.54) is 16.4 Å². The van der Waals surface area contributed by atoms with Crippen molar-refractivity contribution in [1.82, 2.24) is 4.31 Å². The van der Waals surface area contributed by atoms with Crippen LogP contribution in [0.1, 0.15) is 18.4 Å². The molecule has 5 nitrogen and oxygen atoms in total. The molecular weight excluding hydrogens is 378 g/mol. The lowest BCUT2D eigenvalue weighted by Gasteiger charge is -2.30. The molecule has 1 aromatic rings. The first-order chi connectivity index (χ1) is 9.47. The average Bonchev–Trinajstić information content (AvgIpc) is 2.46. The van der Waals surface area contributed by atoms with Gasteiger partial charge in [0.05, 0.1) is 16.5 Å². The number of hydrogen-bond acceptors (Lipinski definition) is 4. The van der Waals surface area contributed by atoms with Gasteiger partial charge in [-0.25, -0.2) is 8.42 Å². The van der Waals surface area contributed by atoms with Crippen molar-refractivity contribution < 1.29 is 8.42 Å². The van der Waals surface area contributed by atoms with Crippen molar-refractivity contribution >= 4 is 38.4 Å². The van der Waals surface area contributed by atoms with Crippen LogP contribution in [0.2, 0.25) is 0 Å². The van der Waals surface area contributed by atoms with Crippen molar-refractivity contribution in [3.8, 4) is 6.07 Å². The Bertz CT molecular complexity index is 637. The van der Waals surface area contributed by atoms with Crippen LogP contribution in [0, 0.1) is 17.2 Å². The fourth-order valence-electron chi connectivity index (χ4n) is 2.31.